The summed E-state index contributed by atoms with van der Waals surface area (Å²) in [5, 5.41) is 7.48. The summed E-state index contributed by atoms with van der Waals surface area (Å²) in [6.07, 6.45) is 6.57. The first kappa shape index (κ1) is 8.97. The Morgan fingerprint density at radius 3 is 2.92 bits per heavy atom. The maximum atomic E-state index is 5.49. The Morgan fingerprint density at radius 1 is 1.42 bits per heavy atom. The van der Waals surface area contributed by atoms with Gasteiger partial charge in [-0.05, 0) is 24.5 Å². The van der Waals surface area contributed by atoms with Gasteiger partial charge < -0.3 is 5.73 Å². The molecule has 0 aliphatic carbocycles. The number of nitrogens with two attached hydrogens (primary N) is 1. The molecule has 0 aliphatic heterocycles. The van der Waals surface area contributed by atoms with Crippen LogP contribution in [0.3, 0.4) is 0 Å². The first-order chi connectivity index (χ1) is 5.83. The van der Waals surface area contributed by atoms with Crippen molar-refractivity contribution >= 4 is 5.82 Å². The summed E-state index contributed by atoms with van der Waals surface area (Å²) in [6.45, 7) is 2.19. The lowest BCUT2D eigenvalue weighted by atomic mass is 10.1. The normalized spacial score (nSPS) is 10.1. The van der Waals surface area contributed by atoms with Gasteiger partial charge in [-0.1, -0.05) is 19.8 Å². The van der Waals surface area contributed by atoms with Crippen molar-refractivity contribution in [2.45, 2.75) is 32.6 Å². The van der Waals surface area contributed by atoms with Gasteiger partial charge in [0.2, 0.25) is 0 Å². The zero-order chi connectivity index (χ0) is 8.81. The molecule has 0 saturated carbocycles. The maximum Gasteiger partial charge on any atom is 0.146 e. The van der Waals surface area contributed by atoms with Crippen LogP contribution in [0.5, 0.6) is 0 Å². The molecule has 66 valence electrons. The van der Waals surface area contributed by atoms with Crippen molar-refractivity contribution in [2.24, 2.45) is 0 Å². The number of rotatable bonds is 4. The van der Waals surface area contributed by atoms with E-state index in [2.05, 4.69) is 17.1 Å². The number of nitrogen functional groups attached to an aromatic ring is 1. The molecule has 0 bridgehead atoms. The molecule has 2 N–H and O–H groups in total. The van der Waals surface area contributed by atoms with Crippen LogP contribution in [-0.2, 0) is 6.42 Å². The zero-order valence-electron chi connectivity index (χ0n) is 7.45. The summed E-state index contributed by atoms with van der Waals surface area (Å²) in [5.74, 6) is 0.518. The molecule has 1 aromatic heterocycles. The van der Waals surface area contributed by atoms with E-state index in [1.165, 1.54) is 24.8 Å². The monoisotopic (exact) mass is 165 g/mol. The van der Waals surface area contributed by atoms with Gasteiger partial charge in [-0.2, -0.15) is 5.10 Å². The fraction of sp³-hybridized carbons (Fsp3) is 0.556. The van der Waals surface area contributed by atoms with E-state index in [1.807, 2.05) is 6.07 Å². The molecule has 0 atom stereocenters. The third kappa shape index (κ3) is 2.86. The lowest BCUT2D eigenvalue weighted by Gasteiger charge is -1.99. The zero-order valence-corrected chi connectivity index (χ0v) is 7.45. The molecule has 0 aliphatic rings. The molecule has 0 radical (unpaired) electrons. The van der Waals surface area contributed by atoms with Crippen LogP contribution in [0.25, 0.3) is 0 Å². The van der Waals surface area contributed by atoms with Gasteiger partial charge in [0, 0.05) is 0 Å². The summed E-state index contributed by atoms with van der Waals surface area (Å²) in [6, 6.07) is 1.89. The summed E-state index contributed by atoms with van der Waals surface area (Å²) >= 11 is 0. The molecule has 3 nitrogen and oxygen atoms in total. The van der Waals surface area contributed by atoms with Crippen molar-refractivity contribution in [3.8, 4) is 0 Å². The molecule has 0 saturated heterocycles. The molecule has 0 spiro atoms. The van der Waals surface area contributed by atoms with Crippen LogP contribution in [0.2, 0.25) is 0 Å². The number of aromatic nitrogens is 2. The molecule has 3 heteroatoms. The summed E-state index contributed by atoms with van der Waals surface area (Å²) < 4.78 is 0. The van der Waals surface area contributed by atoms with Crippen LogP contribution in [-0.4, -0.2) is 10.2 Å². The highest BCUT2D eigenvalue weighted by molar-refractivity contribution is 5.29. The fourth-order valence-corrected chi connectivity index (χ4v) is 1.14. The van der Waals surface area contributed by atoms with Gasteiger partial charge in [0.25, 0.3) is 0 Å². The largest absolute Gasteiger partial charge is 0.382 e. The average Bonchev–Trinajstić information content (AvgIpc) is 2.05. The maximum absolute atomic E-state index is 5.49. The fourth-order valence-electron chi connectivity index (χ4n) is 1.14. The predicted molar refractivity (Wildman–Crippen MR) is 49.7 cm³/mol. The molecule has 12 heavy (non-hydrogen) atoms. The van der Waals surface area contributed by atoms with E-state index in [0.29, 0.717) is 5.82 Å². The van der Waals surface area contributed by atoms with Crippen LogP contribution in [0.4, 0.5) is 5.82 Å². The second kappa shape index (κ2) is 4.70. The minimum Gasteiger partial charge on any atom is -0.382 e. The van der Waals surface area contributed by atoms with Gasteiger partial charge >= 0.3 is 0 Å². The van der Waals surface area contributed by atoms with Gasteiger partial charge in [-0.3, -0.25) is 0 Å². The van der Waals surface area contributed by atoms with Crippen molar-refractivity contribution in [1.29, 1.82) is 0 Å². The third-order valence-electron chi connectivity index (χ3n) is 1.80. The second-order valence-electron chi connectivity index (χ2n) is 2.95. The van der Waals surface area contributed by atoms with E-state index in [-0.39, 0.29) is 0 Å². The highest BCUT2D eigenvalue weighted by atomic mass is 15.1. The lowest BCUT2D eigenvalue weighted by Crippen LogP contribution is -1.95. The van der Waals surface area contributed by atoms with Crippen LogP contribution in [0.1, 0.15) is 31.7 Å². The van der Waals surface area contributed by atoms with E-state index in [1.54, 1.807) is 6.20 Å². The molecular formula is C9H15N3. The Bertz CT molecular complexity index is 235. The van der Waals surface area contributed by atoms with Gasteiger partial charge in [-0.25, -0.2) is 0 Å². The molecule has 0 unspecified atom stereocenters. The predicted octanol–water partition coefficient (Wildman–Crippen LogP) is 1.79. The Balaban J connectivity index is 2.41. The number of hydrogen-bond acceptors (Lipinski definition) is 3. The minimum atomic E-state index is 0.518. The Labute approximate surface area is 73.0 Å². The van der Waals surface area contributed by atoms with Crippen molar-refractivity contribution in [3.63, 3.8) is 0 Å². The van der Waals surface area contributed by atoms with Crippen molar-refractivity contribution in [2.75, 3.05) is 5.73 Å². The van der Waals surface area contributed by atoms with E-state index < -0.39 is 0 Å². The standard InChI is InChI=1S/C9H15N3/c1-2-3-4-5-8-6-9(10)12-11-7-8/h6-7H,2-5H2,1H3,(H2,10,12). The van der Waals surface area contributed by atoms with Gasteiger partial charge in [0.1, 0.15) is 5.82 Å². The van der Waals surface area contributed by atoms with Crippen molar-refractivity contribution < 1.29 is 0 Å². The quantitative estimate of drug-likeness (QED) is 0.692. The molecule has 1 heterocycles. The molecule has 0 aromatic carbocycles. The molecule has 0 fully saturated rings. The molecule has 1 rings (SSSR count). The van der Waals surface area contributed by atoms with E-state index >= 15 is 0 Å². The Hall–Kier alpha value is -1.12. The van der Waals surface area contributed by atoms with Crippen LogP contribution in [0.15, 0.2) is 12.3 Å². The van der Waals surface area contributed by atoms with Crippen LogP contribution >= 0.6 is 0 Å². The first-order valence-electron chi connectivity index (χ1n) is 4.40. The van der Waals surface area contributed by atoms with Crippen LogP contribution in [0, 0.1) is 0 Å². The number of anilines is 1. The van der Waals surface area contributed by atoms with E-state index in [9.17, 15) is 0 Å². The molecule has 0 amide bonds. The van der Waals surface area contributed by atoms with E-state index in [4.69, 9.17) is 5.73 Å². The number of nitrogens with zero attached hydrogens (tertiary/aromatic N) is 2. The number of unbranched alkanes of at least 4 members (excludes halogenated alkanes) is 2. The van der Waals surface area contributed by atoms with Crippen molar-refractivity contribution in [3.05, 3.63) is 17.8 Å². The minimum absolute atomic E-state index is 0.518. The van der Waals surface area contributed by atoms with Gasteiger partial charge in [0.15, 0.2) is 0 Å². The topological polar surface area (TPSA) is 51.8 Å². The summed E-state index contributed by atoms with van der Waals surface area (Å²) in [4.78, 5) is 0. The number of hydrogen-bond donors (Lipinski definition) is 1. The van der Waals surface area contributed by atoms with Crippen LogP contribution < -0.4 is 5.73 Å². The highest BCUT2D eigenvalue weighted by Crippen LogP contribution is 2.06. The first-order valence-corrected chi connectivity index (χ1v) is 4.40. The van der Waals surface area contributed by atoms with Gasteiger partial charge in [0.05, 0.1) is 6.20 Å². The van der Waals surface area contributed by atoms with Gasteiger partial charge in [-0.15, -0.1) is 5.10 Å². The highest BCUT2D eigenvalue weighted by Gasteiger charge is 1.94. The SMILES string of the molecule is CCCCCc1cnnc(N)c1. The summed E-state index contributed by atoms with van der Waals surface area (Å²) in [5.41, 5.74) is 6.68. The smallest absolute Gasteiger partial charge is 0.146 e. The van der Waals surface area contributed by atoms with Crippen molar-refractivity contribution in [1.82, 2.24) is 10.2 Å². The Morgan fingerprint density at radius 2 is 2.25 bits per heavy atom. The lowest BCUT2D eigenvalue weighted by molar-refractivity contribution is 0.714. The summed E-state index contributed by atoms with van der Waals surface area (Å²) in [7, 11) is 0. The third-order valence-corrected chi connectivity index (χ3v) is 1.80. The van der Waals surface area contributed by atoms with E-state index in [0.717, 1.165) is 6.42 Å². The average molecular weight is 165 g/mol. The second-order valence-corrected chi connectivity index (χ2v) is 2.95. The number of aryl methyl sites for hydroxylation is 1. The Kier molecular flexibility index (Phi) is 3.51. The molecular weight excluding hydrogens is 150 g/mol. The molecule has 1 aromatic rings.